The summed E-state index contributed by atoms with van der Waals surface area (Å²) in [4.78, 5) is 15.0. The molecule has 0 aliphatic carbocycles. The molecule has 100 valence electrons. The zero-order chi connectivity index (χ0) is 14.0. The van der Waals surface area contributed by atoms with Crippen LogP contribution in [0.5, 0.6) is 0 Å². The Kier molecular flexibility index (Phi) is 3.37. The van der Waals surface area contributed by atoms with Crippen LogP contribution in [0.3, 0.4) is 0 Å². The molecule has 7 nitrogen and oxygen atoms in total. The summed E-state index contributed by atoms with van der Waals surface area (Å²) in [6, 6.07) is 1.37. The number of nitrogen functional groups attached to an aromatic ring is 1. The van der Waals surface area contributed by atoms with Gasteiger partial charge in [0, 0.05) is 31.0 Å². The number of nitrogens with one attached hydrogen (secondary N) is 1. The predicted molar refractivity (Wildman–Crippen MR) is 70.9 cm³/mol. The Morgan fingerprint density at radius 1 is 1.58 bits per heavy atom. The average molecular weight is 261 g/mol. The number of carbonyl (C=O) groups is 1. The Balaban J connectivity index is 2.18. The first-order valence-electron chi connectivity index (χ1n) is 5.70. The smallest absolute Gasteiger partial charge is 0.337 e. The SMILES string of the molecule is Cc1c(CNc2nccc(C(=O)O)c2N)cnn1C. The van der Waals surface area contributed by atoms with Gasteiger partial charge in [0.2, 0.25) is 0 Å². The highest BCUT2D eigenvalue weighted by molar-refractivity contribution is 5.96. The lowest BCUT2D eigenvalue weighted by atomic mass is 10.2. The van der Waals surface area contributed by atoms with E-state index in [0.717, 1.165) is 11.3 Å². The van der Waals surface area contributed by atoms with E-state index < -0.39 is 5.97 Å². The van der Waals surface area contributed by atoms with Gasteiger partial charge in [-0.3, -0.25) is 4.68 Å². The minimum Gasteiger partial charge on any atom is -0.478 e. The summed E-state index contributed by atoms with van der Waals surface area (Å²) in [5, 5.41) is 16.1. The largest absolute Gasteiger partial charge is 0.478 e. The number of hydrogen-bond donors (Lipinski definition) is 3. The molecule has 2 heterocycles. The van der Waals surface area contributed by atoms with Crippen LogP contribution in [0.25, 0.3) is 0 Å². The summed E-state index contributed by atoms with van der Waals surface area (Å²) in [5.41, 5.74) is 7.98. The Hall–Kier alpha value is -2.57. The van der Waals surface area contributed by atoms with Gasteiger partial charge in [-0.15, -0.1) is 0 Å². The topological polar surface area (TPSA) is 106 Å². The molecule has 0 atom stereocenters. The fourth-order valence-corrected chi connectivity index (χ4v) is 1.70. The van der Waals surface area contributed by atoms with Crippen LogP contribution in [0.4, 0.5) is 11.5 Å². The predicted octanol–water partition coefficient (Wildman–Crippen LogP) is 1.02. The second-order valence-corrected chi connectivity index (χ2v) is 4.16. The summed E-state index contributed by atoms with van der Waals surface area (Å²) in [5.74, 6) is -0.705. The number of rotatable bonds is 4. The van der Waals surface area contributed by atoms with Crippen molar-refractivity contribution in [3.05, 3.63) is 35.3 Å². The van der Waals surface area contributed by atoms with E-state index in [9.17, 15) is 4.79 Å². The van der Waals surface area contributed by atoms with Gasteiger partial charge in [0.15, 0.2) is 0 Å². The zero-order valence-corrected chi connectivity index (χ0v) is 10.7. The first kappa shape index (κ1) is 12.9. The normalized spacial score (nSPS) is 10.4. The number of anilines is 2. The maximum atomic E-state index is 11.0. The Labute approximate surface area is 110 Å². The standard InChI is InChI=1S/C12H15N5O2/c1-7-8(6-16-17(7)2)5-15-11-10(13)9(12(18)19)3-4-14-11/h3-4,6H,5,13H2,1-2H3,(H,14,15)(H,18,19). The molecule has 0 aliphatic rings. The Bertz CT molecular complexity index is 621. The van der Waals surface area contributed by atoms with Crippen molar-refractivity contribution in [1.29, 1.82) is 0 Å². The lowest BCUT2D eigenvalue weighted by Crippen LogP contribution is -2.09. The number of nitrogens with zero attached hydrogens (tertiary/aromatic N) is 3. The molecule has 0 saturated heterocycles. The van der Waals surface area contributed by atoms with Gasteiger partial charge in [-0.1, -0.05) is 0 Å². The third kappa shape index (κ3) is 2.49. The molecule has 0 spiro atoms. The van der Waals surface area contributed by atoms with Crippen LogP contribution in [0.15, 0.2) is 18.5 Å². The average Bonchev–Trinajstić information content (AvgIpc) is 2.68. The molecule has 0 saturated carbocycles. The van der Waals surface area contributed by atoms with Crippen LogP contribution < -0.4 is 11.1 Å². The van der Waals surface area contributed by atoms with Crippen LogP contribution in [0, 0.1) is 6.92 Å². The van der Waals surface area contributed by atoms with Gasteiger partial charge >= 0.3 is 5.97 Å². The summed E-state index contributed by atoms with van der Waals surface area (Å²) in [6.07, 6.45) is 3.16. The van der Waals surface area contributed by atoms with E-state index in [2.05, 4.69) is 15.4 Å². The Morgan fingerprint density at radius 3 is 2.89 bits per heavy atom. The zero-order valence-electron chi connectivity index (χ0n) is 10.7. The van der Waals surface area contributed by atoms with Gasteiger partial charge in [-0.05, 0) is 13.0 Å². The molecule has 0 fully saturated rings. The molecule has 0 aliphatic heterocycles. The van der Waals surface area contributed by atoms with Crippen molar-refractivity contribution in [2.75, 3.05) is 11.1 Å². The minimum absolute atomic E-state index is 0.0420. The quantitative estimate of drug-likeness (QED) is 0.758. The van der Waals surface area contributed by atoms with Crippen molar-refractivity contribution >= 4 is 17.5 Å². The maximum absolute atomic E-state index is 11.0. The van der Waals surface area contributed by atoms with E-state index in [4.69, 9.17) is 10.8 Å². The molecule has 2 rings (SSSR count). The number of pyridine rings is 1. The summed E-state index contributed by atoms with van der Waals surface area (Å²) in [7, 11) is 1.86. The molecule has 0 bridgehead atoms. The van der Waals surface area contributed by atoms with Crippen molar-refractivity contribution in [2.24, 2.45) is 7.05 Å². The van der Waals surface area contributed by atoms with Gasteiger partial charge in [0.25, 0.3) is 0 Å². The van der Waals surface area contributed by atoms with Crippen molar-refractivity contribution in [2.45, 2.75) is 13.5 Å². The van der Waals surface area contributed by atoms with E-state index in [-0.39, 0.29) is 11.3 Å². The molecule has 2 aromatic rings. The summed E-state index contributed by atoms with van der Waals surface area (Å²) >= 11 is 0. The van der Waals surface area contributed by atoms with Gasteiger partial charge in [-0.2, -0.15) is 5.10 Å². The maximum Gasteiger partial charge on any atom is 0.337 e. The number of nitrogens with two attached hydrogens (primary N) is 1. The van der Waals surface area contributed by atoms with Crippen molar-refractivity contribution in [3.63, 3.8) is 0 Å². The fourth-order valence-electron chi connectivity index (χ4n) is 1.70. The van der Waals surface area contributed by atoms with Gasteiger partial charge < -0.3 is 16.2 Å². The van der Waals surface area contributed by atoms with E-state index >= 15 is 0 Å². The van der Waals surface area contributed by atoms with Crippen LogP contribution in [0.1, 0.15) is 21.6 Å². The fraction of sp³-hybridized carbons (Fsp3) is 0.250. The first-order chi connectivity index (χ1) is 9.00. The van der Waals surface area contributed by atoms with Crippen molar-refractivity contribution < 1.29 is 9.90 Å². The van der Waals surface area contributed by atoms with E-state index in [1.807, 2.05) is 14.0 Å². The summed E-state index contributed by atoms with van der Waals surface area (Å²) in [6.45, 7) is 2.44. The van der Waals surface area contributed by atoms with E-state index in [0.29, 0.717) is 12.4 Å². The van der Waals surface area contributed by atoms with Crippen LogP contribution >= 0.6 is 0 Å². The molecule has 0 amide bonds. The van der Waals surface area contributed by atoms with Crippen LogP contribution in [-0.2, 0) is 13.6 Å². The molecule has 4 N–H and O–H groups in total. The highest BCUT2D eigenvalue weighted by atomic mass is 16.4. The molecule has 19 heavy (non-hydrogen) atoms. The van der Waals surface area contributed by atoms with Gasteiger partial charge in [0.05, 0.1) is 17.4 Å². The molecular formula is C12H15N5O2. The van der Waals surface area contributed by atoms with Crippen molar-refractivity contribution in [1.82, 2.24) is 14.8 Å². The summed E-state index contributed by atoms with van der Waals surface area (Å²) < 4.78 is 1.77. The number of carboxylic acid groups (broad SMARTS) is 1. The minimum atomic E-state index is -1.07. The number of aromatic carboxylic acids is 1. The second kappa shape index (κ2) is 4.97. The molecule has 2 aromatic heterocycles. The van der Waals surface area contributed by atoms with Gasteiger partial charge in [0.1, 0.15) is 5.82 Å². The lowest BCUT2D eigenvalue weighted by Gasteiger charge is -2.09. The molecule has 0 radical (unpaired) electrons. The number of aromatic nitrogens is 3. The van der Waals surface area contributed by atoms with Crippen LogP contribution in [0.2, 0.25) is 0 Å². The van der Waals surface area contributed by atoms with Crippen molar-refractivity contribution in [3.8, 4) is 0 Å². The molecule has 0 aromatic carbocycles. The monoisotopic (exact) mass is 261 g/mol. The molecular weight excluding hydrogens is 246 g/mol. The van der Waals surface area contributed by atoms with Crippen LogP contribution in [-0.4, -0.2) is 25.8 Å². The van der Waals surface area contributed by atoms with E-state index in [1.54, 1.807) is 10.9 Å². The highest BCUT2D eigenvalue weighted by Gasteiger charge is 2.12. The highest BCUT2D eigenvalue weighted by Crippen LogP contribution is 2.20. The number of hydrogen-bond acceptors (Lipinski definition) is 5. The lowest BCUT2D eigenvalue weighted by molar-refractivity contribution is 0.0698. The second-order valence-electron chi connectivity index (χ2n) is 4.16. The molecule has 0 unspecified atom stereocenters. The third-order valence-corrected chi connectivity index (χ3v) is 3.00. The third-order valence-electron chi connectivity index (χ3n) is 3.00. The van der Waals surface area contributed by atoms with E-state index in [1.165, 1.54) is 12.3 Å². The number of aryl methyl sites for hydroxylation is 1. The number of carboxylic acids is 1. The van der Waals surface area contributed by atoms with Gasteiger partial charge in [-0.25, -0.2) is 9.78 Å². The Morgan fingerprint density at radius 2 is 2.32 bits per heavy atom. The first-order valence-corrected chi connectivity index (χ1v) is 5.70. The molecule has 7 heteroatoms.